The highest BCUT2D eigenvalue weighted by atomic mass is 32.2. The number of benzene rings is 1. The number of rotatable bonds is 5. The van der Waals surface area contributed by atoms with Gasteiger partial charge in [0.15, 0.2) is 15.7 Å². The zero-order valence-electron chi connectivity index (χ0n) is 14.8. The molecule has 0 bridgehead atoms. The van der Waals surface area contributed by atoms with Gasteiger partial charge in [0.25, 0.3) is 0 Å². The Labute approximate surface area is 158 Å². The zero-order valence-corrected chi connectivity index (χ0v) is 15.6. The predicted molar refractivity (Wildman–Crippen MR) is 94.1 cm³/mol. The molecule has 11 heteroatoms. The first-order valence-electron chi connectivity index (χ1n) is 7.95. The van der Waals surface area contributed by atoms with Gasteiger partial charge in [-0.05, 0) is 24.3 Å². The van der Waals surface area contributed by atoms with Crippen molar-refractivity contribution in [2.24, 2.45) is 0 Å². The number of aryl methyl sites for hydroxylation is 1. The average molecular weight is 412 g/mol. The molecule has 2 aromatic heterocycles. The number of halogens is 3. The summed E-state index contributed by atoms with van der Waals surface area (Å²) < 4.78 is 67.7. The van der Waals surface area contributed by atoms with Crippen LogP contribution in [0.3, 0.4) is 0 Å². The lowest BCUT2D eigenvalue weighted by Gasteiger charge is -2.12. The largest absolute Gasteiger partial charge is 0.416 e. The Balaban J connectivity index is 1.95. The van der Waals surface area contributed by atoms with Crippen LogP contribution in [0.25, 0.3) is 11.3 Å². The molecule has 0 saturated heterocycles. The van der Waals surface area contributed by atoms with Gasteiger partial charge < -0.3 is 9.84 Å². The number of nitrogens with one attached hydrogen (secondary N) is 1. The first kappa shape index (κ1) is 19.8. The summed E-state index contributed by atoms with van der Waals surface area (Å²) in [5.41, 5.74) is -0.505. The fraction of sp³-hybridized carbons (Fsp3) is 0.235. The molecule has 0 radical (unpaired) electrons. The van der Waals surface area contributed by atoms with E-state index in [2.05, 4.69) is 20.4 Å². The van der Waals surface area contributed by atoms with E-state index < -0.39 is 21.6 Å². The van der Waals surface area contributed by atoms with E-state index in [1.807, 2.05) is 0 Å². The highest BCUT2D eigenvalue weighted by molar-refractivity contribution is 7.90. The maximum atomic E-state index is 13.3. The minimum atomic E-state index is -4.58. The van der Waals surface area contributed by atoms with Crippen LogP contribution in [-0.4, -0.2) is 29.8 Å². The molecule has 3 aromatic rings. The predicted octanol–water partition coefficient (Wildman–Crippen LogP) is 3.47. The summed E-state index contributed by atoms with van der Waals surface area (Å²) in [4.78, 5) is 8.21. The van der Waals surface area contributed by atoms with Gasteiger partial charge in [-0.2, -0.15) is 18.2 Å². The molecule has 0 aliphatic carbocycles. The van der Waals surface area contributed by atoms with Crippen molar-refractivity contribution in [3.8, 4) is 11.3 Å². The molecule has 0 unspecified atom stereocenters. The maximum absolute atomic E-state index is 13.3. The molecule has 1 aromatic carbocycles. The van der Waals surface area contributed by atoms with Crippen LogP contribution in [0.5, 0.6) is 0 Å². The SMILES string of the molecule is Cc1nc(CNc2cc(C(F)(F)F)cc(-c3ccc(S(C)(=O)=O)cc3)n2)no1. The fourth-order valence-electron chi connectivity index (χ4n) is 2.39. The van der Waals surface area contributed by atoms with Gasteiger partial charge in [-0.15, -0.1) is 0 Å². The molecule has 148 valence electrons. The number of alkyl halides is 3. The monoisotopic (exact) mass is 412 g/mol. The summed E-state index contributed by atoms with van der Waals surface area (Å²) in [5, 5.41) is 6.40. The molecule has 1 N–H and O–H groups in total. The summed E-state index contributed by atoms with van der Waals surface area (Å²) in [6.45, 7) is 1.62. The van der Waals surface area contributed by atoms with Crippen molar-refractivity contribution in [2.45, 2.75) is 24.5 Å². The highest BCUT2D eigenvalue weighted by Gasteiger charge is 2.31. The Morgan fingerprint density at radius 3 is 2.32 bits per heavy atom. The van der Waals surface area contributed by atoms with E-state index in [1.54, 1.807) is 6.92 Å². The lowest BCUT2D eigenvalue weighted by molar-refractivity contribution is -0.137. The average Bonchev–Trinajstić information content (AvgIpc) is 3.04. The molecule has 0 saturated carbocycles. The first-order chi connectivity index (χ1) is 13.0. The van der Waals surface area contributed by atoms with E-state index >= 15 is 0 Å². The second kappa shape index (κ2) is 7.23. The molecule has 0 atom stereocenters. The molecule has 2 heterocycles. The minimum absolute atomic E-state index is 0.0259. The van der Waals surface area contributed by atoms with Crippen LogP contribution in [-0.2, 0) is 22.6 Å². The fourth-order valence-corrected chi connectivity index (χ4v) is 3.02. The van der Waals surface area contributed by atoms with Gasteiger partial charge in [-0.3, -0.25) is 0 Å². The molecule has 0 aliphatic heterocycles. The number of sulfone groups is 1. The maximum Gasteiger partial charge on any atom is 0.416 e. The highest BCUT2D eigenvalue weighted by Crippen LogP contribution is 2.33. The number of nitrogens with zero attached hydrogens (tertiary/aromatic N) is 3. The van der Waals surface area contributed by atoms with E-state index in [0.717, 1.165) is 18.4 Å². The van der Waals surface area contributed by atoms with Crippen molar-refractivity contribution < 1.29 is 26.1 Å². The lowest BCUT2D eigenvalue weighted by atomic mass is 10.1. The molecule has 28 heavy (non-hydrogen) atoms. The Morgan fingerprint density at radius 2 is 1.79 bits per heavy atom. The summed E-state index contributed by atoms with van der Waals surface area (Å²) >= 11 is 0. The Bertz CT molecular complexity index is 1090. The van der Waals surface area contributed by atoms with Gasteiger partial charge in [0.1, 0.15) is 5.82 Å². The van der Waals surface area contributed by atoms with E-state index in [1.165, 1.54) is 24.3 Å². The van der Waals surface area contributed by atoms with Crippen molar-refractivity contribution in [3.63, 3.8) is 0 Å². The van der Waals surface area contributed by atoms with Crippen LogP contribution >= 0.6 is 0 Å². The van der Waals surface area contributed by atoms with E-state index in [-0.39, 0.29) is 28.8 Å². The van der Waals surface area contributed by atoms with Crippen molar-refractivity contribution in [1.29, 1.82) is 0 Å². The van der Waals surface area contributed by atoms with E-state index in [4.69, 9.17) is 4.52 Å². The molecular formula is C17H15F3N4O3S. The van der Waals surface area contributed by atoms with Gasteiger partial charge in [0.05, 0.1) is 22.7 Å². The van der Waals surface area contributed by atoms with Crippen molar-refractivity contribution in [3.05, 3.63) is 53.7 Å². The molecule has 0 aliphatic rings. The quantitative estimate of drug-likeness (QED) is 0.685. The number of hydrogen-bond donors (Lipinski definition) is 1. The van der Waals surface area contributed by atoms with Crippen molar-refractivity contribution in [2.75, 3.05) is 11.6 Å². The summed E-state index contributed by atoms with van der Waals surface area (Å²) in [6, 6.07) is 7.24. The lowest BCUT2D eigenvalue weighted by Crippen LogP contribution is -2.09. The van der Waals surface area contributed by atoms with Gasteiger partial charge in [0.2, 0.25) is 5.89 Å². The Kier molecular flexibility index (Phi) is 5.11. The van der Waals surface area contributed by atoms with Gasteiger partial charge in [-0.1, -0.05) is 17.3 Å². The zero-order chi connectivity index (χ0) is 20.5. The molecule has 3 rings (SSSR count). The first-order valence-corrected chi connectivity index (χ1v) is 9.84. The van der Waals surface area contributed by atoms with Gasteiger partial charge >= 0.3 is 6.18 Å². The second-order valence-electron chi connectivity index (χ2n) is 6.00. The van der Waals surface area contributed by atoms with Crippen LogP contribution in [0.15, 0.2) is 45.8 Å². The molecule has 0 fully saturated rings. The number of aromatic nitrogens is 3. The van der Waals surface area contributed by atoms with Crippen molar-refractivity contribution >= 4 is 15.7 Å². The third-order valence-electron chi connectivity index (χ3n) is 3.73. The molecule has 0 amide bonds. The third-order valence-corrected chi connectivity index (χ3v) is 4.86. The Hall–Kier alpha value is -2.95. The smallest absolute Gasteiger partial charge is 0.363 e. The molecule has 0 spiro atoms. The molecule has 7 nitrogen and oxygen atoms in total. The van der Waals surface area contributed by atoms with Gasteiger partial charge in [0, 0.05) is 18.7 Å². The summed E-state index contributed by atoms with van der Waals surface area (Å²) in [7, 11) is -3.41. The summed E-state index contributed by atoms with van der Waals surface area (Å²) in [6.07, 6.45) is -3.53. The molecular weight excluding hydrogens is 397 g/mol. The third kappa shape index (κ3) is 4.66. The van der Waals surface area contributed by atoms with Gasteiger partial charge in [-0.25, -0.2) is 13.4 Å². The normalized spacial score (nSPS) is 12.2. The van der Waals surface area contributed by atoms with Crippen LogP contribution < -0.4 is 5.32 Å². The second-order valence-corrected chi connectivity index (χ2v) is 8.02. The number of anilines is 1. The van der Waals surface area contributed by atoms with Crippen LogP contribution in [0.4, 0.5) is 19.0 Å². The minimum Gasteiger partial charge on any atom is -0.363 e. The van der Waals surface area contributed by atoms with E-state index in [9.17, 15) is 21.6 Å². The standard InChI is InChI=1S/C17H15F3N4O3S/c1-10-22-16(24-27-10)9-21-15-8-12(17(18,19)20)7-14(23-15)11-3-5-13(6-4-11)28(2,25)26/h3-8H,9H2,1-2H3,(H,21,23). The van der Waals surface area contributed by atoms with E-state index in [0.29, 0.717) is 11.5 Å². The van der Waals surface area contributed by atoms with Crippen LogP contribution in [0.2, 0.25) is 0 Å². The summed E-state index contributed by atoms with van der Waals surface area (Å²) in [5.74, 6) is 0.579. The van der Waals surface area contributed by atoms with Crippen LogP contribution in [0, 0.1) is 6.92 Å². The van der Waals surface area contributed by atoms with Crippen molar-refractivity contribution in [1.82, 2.24) is 15.1 Å². The number of pyridine rings is 1. The van der Waals surface area contributed by atoms with Crippen LogP contribution in [0.1, 0.15) is 17.3 Å². The Morgan fingerprint density at radius 1 is 1.11 bits per heavy atom. The number of hydrogen-bond acceptors (Lipinski definition) is 7. The topological polar surface area (TPSA) is 98.0 Å².